The van der Waals surface area contributed by atoms with Gasteiger partial charge >= 0.3 is 0 Å². The number of nitrogens with one attached hydrogen (secondary N) is 1. The van der Waals surface area contributed by atoms with E-state index in [0.717, 1.165) is 11.3 Å². The highest BCUT2D eigenvalue weighted by Gasteiger charge is 2.38. The van der Waals surface area contributed by atoms with Gasteiger partial charge in [0.2, 0.25) is 5.91 Å². The summed E-state index contributed by atoms with van der Waals surface area (Å²) in [5.41, 5.74) is 1.01. The third-order valence-corrected chi connectivity index (χ3v) is 2.77. The normalized spacial score (nSPS) is 25.1. The molecule has 74 valence electrons. The molecule has 1 aliphatic rings. The first-order valence-corrected chi connectivity index (χ1v) is 4.74. The Bertz CT molecular complexity index is 350. The molecule has 1 aliphatic heterocycles. The van der Waals surface area contributed by atoms with Crippen LogP contribution in [0.4, 0.5) is 0 Å². The fraction of sp³-hybridized carbons (Fsp3) is 0.300. The average molecular weight is 212 g/mol. The highest BCUT2D eigenvalue weighted by atomic mass is 35.5. The van der Waals surface area contributed by atoms with Crippen LogP contribution in [0.15, 0.2) is 24.3 Å². The Hall–Kier alpha value is -1.22. The van der Waals surface area contributed by atoms with E-state index < -0.39 is 5.38 Å². The Morgan fingerprint density at radius 3 is 2.43 bits per heavy atom. The molecule has 0 spiro atoms. The molecule has 0 saturated carbocycles. The Morgan fingerprint density at radius 2 is 2.00 bits per heavy atom. The van der Waals surface area contributed by atoms with Gasteiger partial charge in [-0.25, -0.2) is 0 Å². The number of hydrogen-bond acceptors (Lipinski definition) is 2. The average Bonchev–Trinajstić information content (AvgIpc) is 2.25. The summed E-state index contributed by atoms with van der Waals surface area (Å²) in [7, 11) is 1.62. The molecule has 1 N–H and O–H groups in total. The Labute approximate surface area is 87.0 Å². The molecule has 0 radical (unpaired) electrons. The second-order valence-electron chi connectivity index (χ2n) is 3.16. The molecule has 1 aromatic carbocycles. The third-order valence-electron chi connectivity index (χ3n) is 2.32. The number of benzene rings is 1. The Kier molecular flexibility index (Phi) is 2.33. The van der Waals surface area contributed by atoms with Crippen LogP contribution in [0.3, 0.4) is 0 Å². The number of rotatable bonds is 2. The number of carbonyl (C=O) groups excluding carboxylic acids is 1. The monoisotopic (exact) mass is 211 g/mol. The van der Waals surface area contributed by atoms with E-state index in [0.29, 0.717) is 0 Å². The van der Waals surface area contributed by atoms with E-state index in [1.54, 1.807) is 7.11 Å². The smallest absolute Gasteiger partial charge is 0.241 e. The quantitative estimate of drug-likeness (QED) is 0.595. The summed E-state index contributed by atoms with van der Waals surface area (Å²) in [4.78, 5) is 10.9. The van der Waals surface area contributed by atoms with Crippen LogP contribution in [-0.2, 0) is 4.79 Å². The predicted octanol–water partition coefficient (Wildman–Crippen LogP) is 1.47. The van der Waals surface area contributed by atoms with Crippen LogP contribution < -0.4 is 10.1 Å². The first-order valence-electron chi connectivity index (χ1n) is 4.31. The molecule has 4 heteroatoms. The lowest BCUT2D eigenvalue weighted by molar-refractivity contribution is -0.127. The van der Waals surface area contributed by atoms with Gasteiger partial charge in [-0.15, -0.1) is 11.6 Å². The standard InChI is InChI=1S/C10H10ClNO2/c1-14-7-4-2-6(3-5-7)9-8(11)10(13)12-9/h2-5,8-9H,1H3,(H,12,13)/t8-,9+/m0/s1. The zero-order valence-corrected chi connectivity index (χ0v) is 8.41. The summed E-state index contributed by atoms with van der Waals surface area (Å²) in [6.07, 6.45) is 0. The maximum Gasteiger partial charge on any atom is 0.241 e. The molecule has 0 bridgehead atoms. The number of carbonyl (C=O) groups is 1. The van der Waals surface area contributed by atoms with Crippen LogP contribution in [0.2, 0.25) is 0 Å². The fourth-order valence-corrected chi connectivity index (χ4v) is 1.70. The van der Waals surface area contributed by atoms with E-state index in [1.165, 1.54) is 0 Å². The van der Waals surface area contributed by atoms with Gasteiger partial charge in [0.05, 0.1) is 13.2 Å². The minimum atomic E-state index is -0.441. The summed E-state index contributed by atoms with van der Waals surface area (Å²) in [6.45, 7) is 0. The number of hydrogen-bond donors (Lipinski definition) is 1. The van der Waals surface area contributed by atoms with Gasteiger partial charge in [-0.3, -0.25) is 4.79 Å². The maximum atomic E-state index is 10.9. The lowest BCUT2D eigenvalue weighted by Gasteiger charge is -2.32. The number of ether oxygens (including phenoxy) is 1. The molecule has 2 rings (SSSR count). The number of methoxy groups -OCH3 is 1. The van der Waals surface area contributed by atoms with Crippen LogP contribution in [0.1, 0.15) is 11.6 Å². The van der Waals surface area contributed by atoms with Crippen molar-refractivity contribution in [2.24, 2.45) is 0 Å². The topological polar surface area (TPSA) is 38.3 Å². The minimum Gasteiger partial charge on any atom is -0.497 e. The van der Waals surface area contributed by atoms with Gasteiger partial charge in [-0.1, -0.05) is 12.1 Å². The summed E-state index contributed by atoms with van der Waals surface area (Å²) >= 11 is 5.83. The molecular formula is C10H10ClNO2. The van der Waals surface area contributed by atoms with Crippen LogP contribution >= 0.6 is 11.6 Å². The molecule has 0 aromatic heterocycles. The van der Waals surface area contributed by atoms with Crippen molar-refractivity contribution in [1.29, 1.82) is 0 Å². The van der Waals surface area contributed by atoms with Gasteiger partial charge in [0.15, 0.2) is 0 Å². The summed E-state index contributed by atoms with van der Waals surface area (Å²) in [5.74, 6) is 0.693. The Morgan fingerprint density at radius 1 is 1.36 bits per heavy atom. The SMILES string of the molecule is COc1ccc([C@H]2NC(=O)[C@H]2Cl)cc1. The van der Waals surface area contributed by atoms with Crippen molar-refractivity contribution in [3.8, 4) is 5.75 Å². The molecule has 14 heavy (non-hydrogen) atoms. The first kappa shape index (κ1) is 9.34. The molecule has 0 unspecified atom stereocenters. The largest absolute Gasteiger partial charge is 0.497 e. The molecule has 1 saturated heterocycles. The second-order valence-corrected chi connectivity index (χ2v) is 3.63. The summed E-state index contributed by atoms with van der Waals surface area (Å²) in [5, 5.41) is 2.29. The van der Waals surface area contributed by atoms with Gasteiger partial charge in [-0.2, -0.15) is 0 Å². The van der Waals surface area contributed by atoms with E-state index >= 15 is 0 Å². The summed E-state index contributed by atoms with van der Waals surface area (Å²) < 4.78 is 5.03. The first-order chi connectivity index (χ1) is 6.72. The van der Waals surface area contributed by atoms with Crippen molar-refractivity contribution in [1.82, 2.24) is 5.32 Å². The molecule has 3 nitrogen and oxygen atoms in total. The van der Waals surface area contributed by atoms with Crippen molar-refractivity contribution in [3.63, 3.8) is 0 Å². The van der Waals surface area contributed by atoms with Crippen molar-refractivity contribution < 1.29 is 9.53 Å². The van der Waals surface area contributed by atoms with Crippen molar-refractivity contribution >= 4 is 17.5 Å². The third kappa shape index (κ3) is 1.44. The van der Waals surface area contributed by atoms with Crippen LogP contribution in [0.5, 0.6) is 5.75 Å². The molecule has 0 aliphatic carbocycles. The minimum absolute atomic E-state index is 0.0601. The molecule has 1 fully saturated rings. The van der Waals surface area contributed by atoms with E-state index in [9.17, 15) is 4.79 Å². The maximum absolute atomic E-state index is 10.9. The van der Waals surface area contributed by atoms with E-state index in [-0.39, 0.29) is 11.9 Å². The Balaban J connectivity index is 2.14. The van der Waals surface area contributed by atoms with Crippen LogP contribution in [0.25, 0.3) is 0 Å². The predicted molar refractivity (Wildman–Crippen MR) is 53.5 cm³/mol. The molecule has 2 atom stereocenters. The number of β-lactam (4-membered cyclic amide) rings is 1. The van der Waals surface area contributed by atoms with Gasteiger partial charge < -0.3 is 10.1 Å². The molecular weight excluding hydrogens is 202 g/mol. The van der Waals surface area contributed by atoms with Crippen molar-refractivity contribution in [2.45, 2.75) is 11.4 Å². The van der Waals surface area contributed by atoms with E-state index in [4.69, 9.17) is 16.3 Å². The molecule has 1 amide bonds. The molecule has 1 aromatic rings. The number of amides is 1. The van der Waals surface area contributed by atoms with Gasteiger partial charge in [0, 0.05) is 0 Å². The zero-order valence-electron chi connectivity index (χ0n) is 7.66. The van der Waals surface area contributed by atoms with E-state index in [1.807, 2.05) is 24.3 Å². The lowest BCUT2D eigenvalue weighted by atomic mass is 9.97. The van der Waals surface area contributed by atoms with Gasteiger partial charge in [-0.05, 0) is 17.7 Å². The number of halogens is 1. The van der Waals surface area contributed by atoms with Crippen molar-refractivity contribution in [3.05, 3.63) is 29.8 Å². The molecule has 1 heterocycles. The van der Waals surface area contributed by atoms with Gasteiger partial charge in [0.1, 0.15) is 11.1 Å². The highest BCUT2D eigenvalue weighted by molar-refractivity contribution is 6.33. The van der Waals surface area contributed by atoms with Crippen molar-refractivity contribution in [2.75, 3.05) is 7.11 Å². The lowest BCUT2D eigenvalue weighted by Crippen LogP contribution is -2.52. The van der Waals surface area contributed by atoms with Crippen LogP contribution in [0, 0.1) is 0 Å². The second kappa shape index (κ2) is 3.50. The zero-order chi connectivity index (χ0) is 10.1. The van der Waals surface area contributed by atoms with Crippen LogP contribution in [-0.4, -0.2) is 18.4 Å². The number of alkyl halides is 1. The van der Waals surface area contributed by atoms with E-state index in [2.05, 4.69) is 5.32 Å². The van der Waals surface area contributed by atoms with Gasteiger partial charge in [0.25, 0.3) is 0 Å². The highest BCUT2D eigenvalue weighted by Crippen LogP contribution is 2.29. The fourth-order valence-electron chi connectivity index (χ4n) is 1.42. The summed E-state index contributed by atoms with van der Waals surface area (Å²) in [6, 6.07) is 7.44.